The molecule has 7 heteroatoms. The fourth-order valence-corrected chi connectivity index (χ4v) is 4.17. The number of amides is 1. The highest BCUT2D eigenvalue weighted by Gasteiger charge is 2.28. The Kier molecular flexibility index (Phi) is 4.44. The summed E-state index contributed by atoms with van der Waals surface area (Å²) >= 11 is 0. The molecule has 0 atom stereocenters. The maximum absolute atomic E-state index is 12.3. The van der Waals surface area contributed by atoms with E-state index < -0.39 is 10.0 Å². The molecule has 1 aliphatic rings. The summed E-state index contributed by atoms with van der Waals surface area (Å²) in [5.41, 5.74) is 1.70. The molecule has 1 saturated heterocycles. The lowest BCUT2D eigenvalue weighted by Gasteiger charge is -2.17. The van der Waals surface area contributed by atoms with Crippen molar-refractivity contribution in [2.45, 2.75) is 6.42 Å². The van der Waals surface area contributed by atoms with Gasteiger partial charge in [-0.15, -0.1) is 0 Å². The van der Waals surface area contributed by atoms with Crippen LogP contribution in [0.5, 0.6) is 5.75 Å². The van der Waals surface area contributed by atoms with E-state index in [-0.39, 0.29) is 11.7 Å². The molecule has 0 spiro atoms. The molecule has 0 radical (unpaired) electrons. The largest absolute Gasteiger partial charge is 0.497 e. The van der Waals surface area contributed by atoms with Crippen molar-refractivity contribution in [1.29, 1.82) is 0 Å². The van der Waals surface area contributed by atoms with Crippen LogP contribution >= 0.6 is 0 Å². The summed E-state index contributed by atoms with van der Waals surface area (Å²) in [5, 5.41) is 2.79. The van der Waals surface area contributed by atoms with Crippen molar-refractivity contribution in [2.75, 3.05) is 29.0 Å². The standard InChI is InChI=1S/C17H18N2O4S/c1-23-16-5-2-4-13(12-16)17(20)18-14-6-8-15(9-7-14)19-10-3-11-24(19,21)22/h2,4-9,12H,3,10-11H2,1H3,(H,18,20). The van der Waals surface area contributed by atoms with E-state index in [9.17, 15) is 13.2 Å². The highest BCUT2D eigenvalue weighted by atomic mass is 32.2. The molecule has 3 rings (SSSR count). The highest BCUT2D eigenvalue weighted by Crippen LogP contribution is 2.25. The summed E-state index contributed by atoms with van der Waals surface area (Å²) in [4.78, 5) is 12.3. The lowest BCUT2D eigenvalue weighted by Crippen LogP contribution is -2.24. The van der Waals surface area contributed by atoms with Crippen LogP contribution in [0.4, 0.5) is 11.4 Å². The van der Waals surface area contributed by atoms with Crippen LogP contribution in [0.2, 0.25) is 0 Å². The molecular formula is C17H18N2O4S. The first-order chi connectivity index (χ1) is 11.5. The third-order valence-electron chi connectivity index (χ3n) is 3.84. The summed E-state index contributed by atoms with van der Waals surface area (Å²) in [6, 6.07) is 13.7. The summed E-state index contributed by atoms with van der Waals surface area (Å²) in [6.45, 7) is 0.498. The van der Waals surface area contributed by atoms with Gasteiger partial charge in [-0.3, -0.25) is 9.10 Å². The zero-order valence-corrected chi connectivity index (χ0v) is 14.0. The summed E-state index contributed by atoms with van der Waals surface area (Å²) < 4.78 is 30.3. The van der Waals surface area contributed by atoms with Gasteiger partial charge in [0.2, 0.25) is 10.0 Å². The van der Waals surface area contributed by atoms with E-state index in [4.69, 9.17) is 4.74 Å². The smallest absolute Gasteiger partial charge is 0.255 e. The number of sulfonamides is 1. The number of ether oxygens (including phenoxy) is 1. The molecule has 0 saturated carbocycles. The van der Waals surface area contributed by atoms with Gasteiger partial charge in [-0.05, 0) is 48.9 Å². The molecule has 0 unspecified atom stereocenters. The fraction of sp³-hybridized carbons (Fsp3) is 0.235. The van der Waals surface area contributed by atoms with Crippen LogP contribution in [0.25, 0.3) is 0 Å². The van der Waals surface area contributed by atoms with Crippen molar-refractivity contribution < 1.29 is 17.9 Å². The lowest BCUT2D eigenvalue weighted by atomic mass is 10.2. The first kappa shape index (κ1) is 16.3. The molecule has 2 aromatic rings. The Morgan fingerprint density at radius 3 is 2.54 bits per heavy atom. The predicted octanol–water partition coefficient (Wildman–Crippen LogP) is 2.49. The van der Waals surface area contributed by atoms with E-state index in [1.807, 2.05) is 0 Å². The van der Waals surface area contributed by atoms with Crippen LogP contribution in [0.3, 0.4) is 0 Å². The third-order valence-corrected chi connectivity index (χ3v) is 5.71. The van der Waals surface area contributed by atoms with Crippen LogP contribution in [-0.2, 0) is 10.0 Å². The number of hydrogen-bond acceptors (Lipinski definition) is 4. The number of carbonyl (C=O) groups is 1. The SMILES string of the molecule is COc1cccc(C(=O)Nc2ccc(N3CCCS3(=O)=O)cc2)c1. The normalized spacial score (nSPS) is 16.0. The van der Waals surface area contributed by atoms with Crippen molar-refractivity contribution >= 4 is 27.3 Å². The molecule has 126 valence electrons. The third kappa shape index (κ3) is 3.35. The van der Waals surface area contributed by atoms with Gasteiger partial charge < -0.3 is 10.1 Å². The van der Waals surface area contributed by atoms with Crippen molar-refractivity contribution in [2.24, 2.45) is 0 Å². The number of nitrogens with zero attached hydrogens (tertiary/aromatic N) is 1. The molecule has 2 aromatic carbocycles. The molecule has 1 N–H and O–H groups in total. The van der Waals surface area contributed by atoms with Crippen molar-refractivity contribution in [1.82, 2.24) is 0 Å². The maximum atomic E-state index is 12.3. The first-order valence-electron chi connectivity index (χ1n) is 7.55. The van der Waals surface area contributed by atoms with Crippen LogP contribution in [0, 0.1) is 0 Å². The highest BCUT2D eigenvalue weighted by molar-refractivity contribution is 7.93. The molecule has 1 fully saturated rings. The van der Waals surface area contributed by atoms with Gasteiger partial charge in [0, 0.05) is 17.8 Å². The summed E-state index contributed by atoms with van der Waals surface area (Å²) in [7, 11) is -1.65. The Balaban J connectivity index is 1.73. The second-order valence-electron chi connectivity index (χ2n) is 5.47. The number of hydrogen-bond donors (Lipinski definition) is 1. The van der Waals surface area contributed by atoms with Crippen molar-refractivity contribution in [3.63, 3.8) is 0 Å². The summed E-state index contributed by atoms with van der Waals surface area (Å²) in [6.07, 6.45) is 0.636. The van der Waals surface area contributed by atoms with Gasteiger partial charge in [0.05, 0.1) is 18.6 Å². The number of methoxy groups -OCH3 is 1. The Labute approximate surface area is 141 Å². The fourth-order valence-electron chi connectivity index (χ4n) is 2.61. The van der Waals surface area contributed by atoms with E-state index in [2.05, 4.69) is 5.32 Å². The number of rotatable bonds is 4. The lowest BCUT2D eigenvalue weighted by molar-refractivity contribution is 0.102. The Morgan fingerprint density at radius 1 is 1.17 bits per heavy atom. The maximum Gasteiger partial charge on any atom is 0.255 e. The second-order valence-corrected chi connectivity index (χ2v) is 7.49. The monoisotopic (exact) mass is 346 g/mol. The molecule has 0 aromatic heterocycles. The van der Waals surface area contributed by atoms with Crippen molar-refractivity contribution in [3.05, 3.63) is 54.1 Å². The second kappa shape index (κ2) is 6.52. The molecule has 0 bridgehead atoms. The summed E-state index contributed by atoms with van der Waals surface area (Å²) in [5.74, 6) is 0.536. The van der Waals surface area contributed by atoms with Gasteiger partial charge in [-0.25, -0.2) is 8.42 Å². The molecule has 24 heavy (non-hydrogen) atoms. The van der Waals surface area contributed by atoms with Gasteiger partial charge in [-0.1, -0.05) is 6.07 Å². The average Bonchev–Trinajstić information content (AvgIpc) is 2.95. The minimum Gasteiger partial charge on any atom is -0.497 e. The molecule has 1 amide bonds. The first-order valence-corrected chi connectivity index (χ1v) is 9.16. The quantitative estimate of drug-likeness (QED) is 0.923. The van der Waals surface area contributed by atoms with E-state index in [0.717, 1.165) is 0 Å². The van der Waals surface area contributed by atoms with E-state index in [0.29, 0.717) is 35.7 Å². The number of carbonyl (C=O) groups excluding carboxylic acids is 1. The Morgan fingerprint density at radius 2 is 1.92 bits per heavy atom. The van der Waals surface area contributed by atoms with Gasteiger partial charge in [0.25, 0.3) is 5.91 Å². The molecular weight excluding hydrogens is 328 g/mol. The van der Waals surface area contributed by atoms with Gasteiger partial charge in [-0.2, -0.15) is 0 Å². The number of benzene rings is 2. The minimum absolute atomic E-state index is 0.182. The van der Waals surface area contributed by atoms with Crippen LogP contribution < -0.4 is 14.4 Å². The average molecular weight is 346 g/mol. The van der Waals surface area contributed by atoms with Gasteiger partial charge >= 0.3 is 0 Å². The zero-order valence-electron chi connectivity index (χ0n) is 13.2. The molecule has 1 heterocycles. The van der Waals surface area contributed by atoms with Crippen molar-refractivity contribution in [3.8, 4) is 5.75 Å². The zero-order chi connectivity index (χ0) is 17.2. The van der Waals surface area contributed by atoms with E-state index in [1.54, 1.807) is 55.6 Å². The number of nitrogens with one attached hydrogen (secondary N) is 1. The van der Waals surface area contributed by atoms with Gasteiger partial charge in [0.15, 0.2) is 0 Å². The molecule has 0 aliphatic carbocycles. The Bertz CT molecular complexity index is 847. The van der Waals surface area contributed by atoms with Crippen LogP contribution in [-0.4, -0.2) is 33.7 Å². The van der Waals surface area contributed by atoms with Crippen LogP contribution in [0.1, 0.15) is 16.8 Å². The van der Waals surface area contributed by atoms with E-state index in [1.165, 1.54) is 4.31 Å². The molecule has 6 nitrogen and oxygen atoms in total. The van der Waals surface area contributed by atoms with Crippen LogP contribution in [0.15, 0.2) is 48.5 Å². The molecule has 1 aliphatic heterocycles. The van der Waals surface area contributed by atoms with E-state index >= 15 is 0 Å². The number of anilines is 2. The minimum atomic E-state index is -3.19. The Hall–Kier alpha value is -2.54. The predicted molar refractivity (Wildman–Crippen MR) is 93.1 cm³/mol. The van der Waals surface area contributed by atoms with Gasteiger partial charge in [0.1, 0.15) is 5.75 Å². The topological polar surface area (TPSA) is 75.7 Å².